The van der Waals surface area contributed by atoms with Crippen molar-refractivity contribution in [1.82, 2.24) is 24.6 Å². The van der Waals surface area contributed by atoms with Crippen LogP contribution >= 0.6 is 11.6 Å². The molecule has 0 spiro atoms. The van der Waals surface area contributed by atoms with E-state index in [0.717, 1.165) is 0 Å². The van der Waals surface area contributed by atoms with Gasteiger partial charge in [0.15, 0.2) is 10.8 Å². The molecule has 0 aliphatic carbocycles. The van der Waals surface area contributed by atoms with Crippen molar-refractivity contribution in [2.45, 2.75) is 13.0 Å². The van der Waals surface area contributed by atoms with Gasteiger partial charge in [-0.25, -0.2) is 24.3 Å². The van der Waals surface area contributed by atoms with Gasteiger partial charge in [0.05, 0.1) is 31.4 Å². The Hall–Kier alpha value is -3.70. The number of nitrogens with zero attached hydrogens (tertiary/aromatic N) is 6. The summed E-state index contributed by atoms with van der Waals surface area (Å²) in [6, 6.07) is -1.28. The fourth-order valence-corrected chi connectivity index (χ4v) is 2.86. The molecule has 28 heavy (non-hydrogen) atoms. The first-order valence-corrected chi connectivity index (χ1v) is 8.39. The molecule has 1 aromatic carbocycles. The molecule has 138 valence electrons. The van der Waals surface area contributed by atoms with Crippen molar-refractivity contribution in [3.63, 3.8) is 0 Å². The zero-order valence-corrected chi connectivity index (χ0v) is 15.2. The highest BCUT2D eigenvalue weighted by Crippen LogP contribution is 2.33. The van der Waals surface area contributed by atoms with Crippen LogP contribution in [0.4, 0.5) is 17.3 Å². The van der Waals surface area contributed by atoms with Crippen molar-refractivity contribution in [3.8, 4) is 11.3 Å². The van der Waals surface area contributed by atoms with Crippen molar-refractivity contribution in [3.05, 3.63) is 70.9 Å². The van der Waals surface area contributed by atoms with E-state index in [2.05, 4.69) is 30.2 Å². The van der Waals surface area contributed by atoms with E-state index < -0.39 is 36.3 Å². The molecule has 8 nitrogen and oxygen atoms in total. The first-order valence-electron chi connectivity index (χ1n) is 10.5. The lowest BCUT2D eigenvalue weighted by atomic mass is 10.0. The van der Waals surface area contributed by atoms with Crippen molar-refractivity contribution >= 4 is 34.6 Å². The molecule has 0 fully saturated rings. The summed E-state index contributed by atoms with van der Waals surface area (Å²) in [6.45, 7) is 9.10. The highest BCUT2D eigenvalue weighted by molar-refractivity contribution is 6.29. The summed E-state index contributed by atoms with van der Waals surface area (Å²) in [6.07, 6.45) is 2.60. The van der Waals surface area contributed by atoms with Crippen LogP contribution in [0.25, 0.3) is 21.7 Å². The second-order valence-electron chi connectivity index (χ2n) is 5.73. The maximum atomic E-state index is 8.38. The Bertz CT molecular complexity index is 1440. The van der Waals surface area contributed by atoms with Gasteiger partial charge < -0.3 is 11.1 Å². The molecular weight excluding hydrogens is 376 g/mol. The number of nitrogens with one attached hydrogen (secondary N) is 1. The van der Waals surface area contributed by atoms with Gasteiger partial charge in [0.25, 0.3) is 5.69 Å². The predicted molar refractivity (Wildman–Crippen MR) is 108 cm³/mol. The minimum atomic E-state index is -0.597. The van der Waals surface area contributed by atoms with Crippen molar-refractivity contribution in [2.24, 2.45) is 0 Å². The molecular formula is C19H15ClN8. The minimum absolute atomic E-state index is 0.00848. The molecule has 3 N–H and O–H groups in total. The molecule has 9 heteroatoms. The molecule has 3 heterocycles. The van der Waals surface area contributed by atoms with Gasteiger partial charge >= 0.3 is 0 Å². The maximum absolute atomic E-state index is 8.38. The van der Waals surface area contributed by atoms with Crippen LogP contribution in [0.15, 0.2) is 48.8 Å². The Morgan fingerprint density at radius 2 is 2.07 bits per heavy atom. The summed E-state index contributed by atoms with van der Waals surface area (Å²) in [5.41, 5.74) is 6.64. The Balaban J connectivity index is 1.97. The first-order chi connectivity index (χ1) is 15.6. The van der Waals surface area contributed by atoms with Gasteiger partial charge in [-0.1, -0.05) is 41.8 Å². The standard InChI is InChI=1S/C19H15ClN8/c1-11(26-19-17(22-2)18(21)24-10-25-19)13-8-15-23-9-14(20)28(15)27-16(13)12-6-4-3-5-7-12/h3-11H,1H3,(H3,21,24,25,26)/i3D,4D,5D,6D,7D. The van der Waals surface area contributed by atoms with Crippen LogP contribution in [0.5, 0.6) is 0 Å². The number of rotatable bonds is 4. The highest BCUT2D eigenvalue weighted by Gasteiger charge is 2.19. The van der Waals surface area contributed by atoms with Gasteiger partial charge in [-0.15, -0.1) is 0 Å². The molecule has 0 radical (unpaired) electrons. The summed E-state index contributed by atoms with van der Waals surface area (Å²) in [4.78, 5) is 15.5. The number of nitrogen functional groups attached to an aromatic ring is 1. The third-order valence-electron chi connectivity index (χ3n) is 4.00. The van der Waals surface area contributed by atoms with E-state index in [1.165, 1.54) is 17.0 Å². The molecule has 0 saturated heterocycles. The van der Waals surface area contributed by atoms with E-state index in [0.29, 0.717) is 11.2 Å². The topological polar surface area (TPSA) is 98.4 Å². The van der Waals surface area contributed by atoms with Crippen molar-refractivity contribution in [1.29, 1.82) is 0 Å². The normalized spacial score (nSPS) is 14.4. The Morgan fingerprint density at radius 3 is 2.82 bits per heavy atom. The lowest BCUT2D eigenvalue weighted by molar-refractivity contribution is 0.842. The molecule has 3 aromatic heterocycles. The van der Waals surface area contributed by atoms with Crippen LogP contribution in [0.1, 0.15) is 25.4 Å². The Kier molecular flexibility index (Phi) is 3.22. The van der Waals surface area contributed by atoms with E-state index >= 15 is 0 Å². The quantitative estimate of drug-likeness (QED) is 0.504. The average molecular weight is 396 g/mol. The van der Waals surface area contributed by atoms with E-state index in [1.54, 1.807) is 13.0 Å². The second-order valence-corrected chi connectivity index (χ2v) is 6.12. The fraction of sp³-hybridized carbons (Fsp3) is 0.105. The SMILES string of the molecule is [2H]c1c([2H])c([2H])c(-c2nn3c(Cl)cnc3cc2C(C)Nc2ncnc(N)c2[N+]#[C-])c([2H])c1[2H]. The number of aromatic nitrogens is 5. The third-order valence-corrected chi connectivity index (χ3v) is 4.26. The second kappa shape index (κ2) is 7.13. The molecule has 0 bridgehead atoms. The fourth-order valence-electron chi connectivity index (χ4n) is 2.68. The molecule has 0 amide bonds. The van der Waals surface area contributed by atoms with Crippen LogP contribution in [0, 0.1) is 6.57 Å². The van der Waals surface area contributed by atoms with Gasteiger partial charge in [-0.3, -0.25) is 0 Å². The smallest absolute Gasteiger partial charge is 0.268 e. The summed E-state index contributed by atoms with van der Waals surface area (Å²) < 4.78 is 42.0. The summed E-state index contributed by atoms with van der Waals surface area (Å²) in [5, 5.41) is 7.71. The van der Waals surface area contributed by atoms with Crippen LogP contribution in [-0.4, -0.2) is 24.6 Å². The number of hydrogen-bond donors (Lipinski definition) is 2. The predicted octanol–water partition coefficient (Wildman–Crippen LogP) is 4.15. The number of anilines is 2. The molecule has 1 unspecified atom stereocenters. The van der Waals surface area contributed by atoms with Crippen LogP contribution in [0.3, 0.4) is 0 Å². The third kappa shape index (κ3) is 3.08. The first kappa shape index (κ1) is 12.6. The van der Waals surface area contributed by atoms with Crippen LogP contribution in [0.2, 0.25) is 5.15 Å². The minimum Gasteiger partial charge on any atom is -0.392 e. The average Bonchev–Trinajstić information content (AvgIpc) is 3.16. The monoisotopic (exact) mass is 395 g/mol. The van der Waals surface area contributed by atoms with E-state index in [4.69, 9.17) is 30.8 Å². The summed E-state index contributed by atoms with van der Waals surface area (Å²) in [5.74, 6) is 0.187. The largest absolute Gasteiger partial charge is 0.392 e. The number of hydrogen-bond acceptors (Lipinski definition) is 6. The van der Waals surface area contributed by atoms with Crippen molar-refractivity contribution < 1.29 is 6.85 Å². The van der Waals surface area contributed by atoms with Gasteiger partial charge in [0.1, 0.15) is 18.0 Å². The molecule has 4 rings (SSSR count). The molecule has 0 aliphatic heterocycles. The van der Waals surface area contributed by atoms with Crippen molar-refractivity contribution in [2.75, 3.05) is 11.1 Å². The summed E-state index contributed by atoms with van der Waals surface area (Å²) >= 11 is 6.18. The Labute approximate surface area is 172 Å². The lowest BCUT2D eigenvalue weighted by Gasteiger charge is -2.19. The molecule has 0 saturated carbocycles. The van der Waals surface area contributed by atoms with E-state index in [1.807, 2.05) is 0 Å². The number of benzene rings is 1. The van der Waals surface area contributed by atoms with Crippen LogP contribution in [-0.2, 0) is 0 Å². The number of fused-ring (bicyclic) bond motifs is 1. The van der Waals surface area contributed by atoms with E-state index in [-0.39, 0.29) is 33.7 Å². The zero-order chi connectivity index (χ0) is 24.0. The van der Waals surface area contributed by atoms with Gasteiger partial charge in [0, 0.05) is 11.1 Å². The Morgan fingerprint density at radius 1 is 1.29 bits per heavy atom. The zero-order valence-electron chi connectivity index (χ0n) is 19.4. The van der Waals surface area contributed by atoms with Gasteiger partial charge in [-0.2, -0.15) is 5.10 Å². The number of imidazole rings is 1. The summed E-state index contributed by atoms with van der Waals surface area (Å²) in [7, 11) is 0. The maximum Gasteiger partial charge on any atom is 0.268 e. The molecule has 4 aromatic rings. The lowest BCUT2D eigenvalue weighted by Crippen LogP contribution is -2.12. The van der Waals surface area contributed by atoms with E-state index in [9.17, 15) is 0 Å². The van der Waals surface area contributed by atoms with Crippen LogP contribution < -0.4 is 11.1 Å². The van der Waals surface area contributed by atoms with Gasteiger partial charge in [0.2, 0.25) is 0 Å². The highest BCUT2D eigenvalue weighted by atomic mass is 35.5. The van der Waals surface area contributed by atoms with Gasteiger partial charge in [-0.05, 0) is 13.0 Å². The number of halogens is 1. The molecule has 0 aliphatic rings. The molecule has 1 atom stereocenters. The number of nitrogens with two attached hydrogens (primary N) is 1.